The van der Waals surface area contributed by atoms with E-state index in [1.165, 1.54) is 0 Å². The van der Waals surface area contributed by atoms with Gasteiger partial charge in [-0.05, 0) is 54.1 Å². The third-order valence-corrected chi connectivity index (χ3v) is 4.78. The first-order valence-corrected chi connectivity index (χ1v) is 9.73. The summed E-state index contributed by atoms with van der Waals surface area (Å²) < 4.78 is 0. The minimum Gasteiger partial charge on any atom is -0.311 e. The standard InChI is InChI=1S/C25H20ClN3/c26-24-13-7-8-14-25(24)28-27-19-20-15-17-23(18-16-20)29(21-9-3-1-4-10-21)22-11-5-2-6-12-22/h1-19,28H. The number of para-hydroxylation sites is 3. The van der Waals surface area contributed by atoms with Gasteiger partial charge in [0, 0.05) is 17.1 Å². The van der Waals surface area contributed by atoms with Gasteiger partial charge in [-0.3, -0.25) is 5.43 Å². The first-order chi connectivity index (χ1) is 14.3. The SMILES string of the molecule is Clc1ccccc1NN=Cc1ccc(N(c2ccccc2)c2ccccc2)cc1. The number of halogens is 1. The number of nitrogens with zero attached hydrogens (tertiary/aromatic N) is 2. The van der Waals surface area contributed by atoms with E-state index in [-0.39, 0.29) is 0 Å². The van der Waals surface area contributed by atoms with Gasteiger partial charge in [-0.2, -0.15) is 5.10 Å². The van der Waals surface area contributed by atoms with E-state index in [0.717, 1.165) is 28.3 Å². The van der Waals surface area contributed by atoms with Gasteiger partial charge in [0.15, 0.2) is 0 Å². The average molecular weight is 398 g/mol. The van der Waals surface area contributed by atoms with E-state index in [2.05, 4.69) is 51.8 Å². The van der Waals surface area contributed by atoms with Gasteiger partial charge in [0.1, 0.15) is 0 Å². The minimum absolute atomic E-state index is 0.640. The highest BCUT2D eigenvalue weighted by Crippen LogP contribution is 2.33. The van der Waals surface area contributed by atoms with E-state index in [4.69, 9.17) is 11.6 Å². The van der Waals surface area contributed by atoms with Crippen LogP contribution in [0.1, 0.15) is 5.56 Å². The Labute approximate surface area is 175 Å². The third-order valence-electron chi connectivity index (χ3n) is 4.45. The highest BCUT2D eigenvalue weighted by molar-refractivity contribution is 6.33. The van der Waals surface area contributed by atoms with Crippen LogP contribution in [0, 0.1) is 0 Å². The van der Waals surface area contributed by atoms with Gasteiger partial charge in [-0.1, -0.05) is 72.3 Å². The summed E-state index contributed by atoms with van der Waals surface area (Å²) in [6.07, 6.45) is 1.78. The topological polar surface area (TPSA) is 27.6 Å². The lowest BCUT2D eigenvalue weighted by Crippen LogP contribution is -2.09. The number of hydrogen-bond acceptors (Lipinski definition) is 3. The molecule has 0 radical (unpaired) electrons. The number of anilines is 4. The average Bonchev–Trinajstić information content (AvgIpc) is 2.78. The summed E-state index contributed by atoms with van der Waals surface area (Å²) in [6, 6.07) is 36.5. The second-order valence-electron chi connectivity index (χ2n) is 6.45. The van der Waals surface area contributed by atoms with Crippen molar-refractivity contribution >= 4 is 40.6 Å². The van der Waals surface area contributed by atoms with E-state index in [1.807, 2.05) is 72.8 Å². The van der Waals surface area contributed by atoms with E-state index in [0.29, 0.717) is 5.02 Å². The molecule has 4 rings (SSSR count). The molecule has 3 nitrogen and oxygen atoms in total. The molecule has 4 aromatic carbocycles. The first-order valence-electron chi connectivity index (χ1n) is 9.35. The van der Waals surface area contributed by atoms with E-state index in [1.54, 1.807) is 6.21 Å². The van der Waals surface area contributed by atoms with Crippen molar-refractivity contribution in [1.82, 2.24) is 0 Å². The molecule has 0 aliphatic heterocycles. The van der Waals surface area contributed by atoms with Crippen LogP contribution in [0.3, 0.4) is 0 Å². The second kappa shape index (κ2) is 9.09. The number of benzene rings is 4. The molecule has 0 atom stereocenters. The maximum atomic E-state index is 6.14. The number of rotatable bonds is 6. The summed E-state index contributed by atoms with van der Waals surface area (Å²) in [4.78, 5) is 2.23. The molecule has 142 valence electrons. The number of nitrogens with one attached hydrogen (secondary N) is 1. The molecule has 0 spiro atoms. The van der Waals surface area contributed by atoms with E-state index < -0.39 is 0 Å². The highest BCUT2D eigenvalue weighted by Gasteiger charge is 2.11. The van der Waals surface area contributed by atoms with Crippen LogP contribution in [-0.2, 0) is 0 Å². The molecule has 0 amide bonds. The van der Waals surface area contributed by atoms with Gasteiger partial charge in [0.25, 0.3) is 0 Å². The monoisotopic (exact) mass is 397 g/mol. The van der Waals surface area contributed by atoms with Crippen molar-refractivity contribution < 1.29 is 0 Å². The fourth-order valence-electron chi connectivity index (χ4n) is 3.04. The predicted molar refractivity (Wildman–Crippen MR) is 124 cm³/mol. The predicted octanol–water partition coefficient (Wildman–Crippen LogP) is 7.26. The molecule has 4 heteroatoms. The molecule has 0 aromatic heterocycles. The van der Waals surface area contributed by atoms with Crippen molar-refractivity contribution in [2.75, 3.05) is 10.3 Å². The number of hydrogen-bond donors (Lipinski definition) is 1. The summed E-state index contributed by atoms with van der Waals surface area (Å²) in [5.41, 5.74) is 8.06. The summed E-state index contributed by atoms with van der Waals surface area (Å²) in [5.74, 6) is 0. The van der Waals surface area contributed by atoms with Crippen molar-refractivity contribution in [3.8, 4) is 0 Å². The zero-order chi connectivity index (χ0) is 19.9. The first kappa shape index (κ1) is 18.8. The Balaban J connectivity index is 1.56. The van der Waals surface area contributed by atoms with Crippen LogP contribution >= 0.6 is 11.6 Å². The van der Waals surface area contributed by atoms with Crippen LogP contribution in [0.4, 0.5) is 22.7 Å². The molecule has 0 bridgehead atoms. The Kier molecular flexibility index (Phi) is 5.89. The van der Waals surface area contributed by atoms with Gasteiger partial charge in [-0.15, -0.1) is 0 Å². The molecule has 0 aliphatic rings. The van der Waals surface area contributed by atoms with Gasteiger partial charge in [0.05, 0.1) is 16.9 Å². The Bertz CT molecular complexity index is 1040. The molecule has 0 heterocycles. The molecule has 0 saturated carbocycles. The van der Waals surface area contributed by atoms with Crippen LogP contribution < -0.4 is 10.3 Å². The molecule has 0 unspecified atom stereocenters. The van der Waals surface area contributed by atoms with Gasteiger partial charge in [-0.25, -0.2) is 0 Å². The minimum atomic E-state index is 0.640. The largest absolute Gasteiger partial charge is 0.311 e. The fourth-order valence-corrected chi connectivity index (χ4v) is 3.22. The van der Waals surface area contributed by atoms with Gasteiger partial charge < -0.3 is 4.90 Å². The Morgan fingerprint density at radius 3 is 1.72 bits per heavy atom. The van der Waals surface area contributed by atoms with Crippen LogP contribution in [0.5, 0.6) is 0 Å². The zero-order valence-corrected chi connectivity index (χ0v) is 16.5. The molecule has 29 heavy (non-hydrogen) atoms. The maximum absolute atomic E-state index is 6.14. The molecule has 0 aliphatic carbocycles. The van der Waals surface area contributed by atoms with Crippen molar-refractivity contribution in [3.05, 3.63) is 120 Å². The lowest BCUT2D eigenvalue weighted by atomic mass is 10.1. The lowest BCUT2D eigenvalue weighted by molar-refractivity contribution is 1.28. The quantitative estimate of drug-likeness (QED) is 0.274. The van der Waals surface area contributed by atoms with Crippen LogP contribution in [0.15, 0.2) is 114 Å². The van der Waals surface area contributed by atoms with Crippen molar-refractivity contribution in [2.45, 2.75) is 0 Å². The summed E-state index contributed by atoms with van der Waals surface area (Å²) >= 11 is 6.14. The highest BCUT2D eigenvalue weighted by atomic mass is 35.5. The third kappa shape index (κ3) is 4.65. The van der Waals surface area contributed by atoms with Crippen molar-refractivity contribution in [1.29, 1.82) is 0 Å². The molecular formula is C25H20ClN3. The summed E-state index contributed by atoms with van der Waals surface area (Å²) in [6.45, 7) is 0. The normalized spacial score (nSPS) is 10.8. The molecule has 0 saturated heterocycles. The van der Waals surface area contributed by atoms with Gasteiger partial charge in [0.2, 0.25) is 0 Å². The smallest absolute Gasteiger partial charge is 0.0748 e. The molecule has 4 aromatic rings. The zero-order valence-electron chi connectivity index (χ0n) is 15.7. The van der Waals surface area contributed by atoms with E-state index >= 15 is 0 Å². The van der Waals surface area contributed by atoms with Gasteiger partial charge >= 0.3 is 0 Å². The Morgan fingerprint density at radius 1 is 0.621 bits per heavy atom. The van der Waals surface area contributed by atoms with Crippen LogP contribution in [0.2, 0.25) is 5.02 Å². The van der Waals surface area contributed by atoms with E-state index in [9.17, 15) is 0 Å². The van der Waals surface area contributed by atoms with Crippen LogP contribution in [0.25, 0.3) is 0 Å². The van der Waals surface area contributed by atoms with Crippen LogP contribution in [-0.4, -0.2) is 6.21 Å². The summed E-state index contributed by atoms with van der Waals surface area (Å²) in [5, 5.41) is 4.93. The second-order valence-corrected chi connectivity index (χ2v) is 6.86. The molecular weight excluding hydrogens is 378 g/mol. The van der Waals surface area contributed by atoms with Crippen molar-refractivity contribution in [3.63, 3.8) is 0 Å². The molecule has 1 N–H and O–H groups in total. The maximum Gasteiger partial charge on any atom is 0.0748 e. The lowest BCUT2D eigenvalue weighted by Gasteiger charge is -2.25. The Hall–Kier alpha value is -3.56. The fraction of sp³-hybridized carbons (Fsp3) is 0. The van der Waals surface area contributed by atoms with Crippen molar-refractivity contribution in [2.24, 2.45) is 5.10 Å². The molecule has 0 fully saturated rings. The summed E-state index contributed by atoms with van der Waals surface area (Å²) in [7, 11) is 0. The number of hydrazone groups is 1. The Morgan fingerprint density at radius 2 is 1.14 bits per heavy atom.